The molecule has 0 radical (unpaired) electrons. The van der Waals surface area contributed by atoms with Gasteiger partial charge in [0.15, 0.2) is 0 Å². The molecule has 1 aromatic carbocycles. The van der Waals surface area contributed by atoms with E-state index in [1.807, 2.05) is 19.0 Å². The second kappa shape index (κ2) is 8.38. The quantitative estimate of drug-likeness (QED) is 0.714. The topological polar surface area (TPSA) is 23.6 Å². The molecule has 0 spiro atoms. The predicted molar refractivity (Wildman–Crippen MR) is 78.9 cm³/mol. The summed E-state index contributed by atoms with van der Waals surface area (Å²) >= 11 is -0.348. The highest BCUT2D eigenvalue weighted by Gasteiger charge is 2.30. The van der Waals surface area contributed by atoms with Gasteiger partial charge in [-0.1, -0.05) is 12.1 Å². The van der Waals surface area contributed by atoms with Crippen molar-refractivity contribution in [3.8, 4) is 0 Å². The fraction of sp³-hybridized carbons (Fsp3) is 0.500. The highest BCUT2D eigenvalue weighted by Crippen LogP contribution is 2.30. The van der Waals surface area contributed by atoms with Crippen LogP contribution in [0.3, 0.4) is 0 Å². The number of hydrogen-bond donors (Lipinski definition) is 0. The molecular weight excluding hydrogens is 320 g/mol. The normalized spacial score (nSPS) is 11.8. The lowest BCUT2D eigenvalue weighted by atomic mass is 10.2. The van der Waals surface area contributed by atoms with Gasteiger partial charge in [0.05, 0.1) is 5.75 Å². The molecule has 0 bridgehead atoms. The zero-order chi connectivity index (χ0) is 16.8. The monoisotopic (exact) mass is 338 g/mol. The van der Waals surface area contributed by atoms with Gasteiger partial charge >= 0.3 is 5.51 Å². The first-order valence-corrected chi connectivity index (χ1v) is 7.53. The first-order valence-electron chi connectivity index (χ1n) is 6.55. The summed E-state index contributed by atoms with van der Waals surface area (Å²) in [7, 11) is 3.62. The summed E-state index contributed by atoms with van der Waals surface area (Å²) in [6.07, 6.45) is 0. The third-order valence-electron chi connectivity index (χ3n) is 2.82. The smallest absolute Gasteiger partial charge is 0.336 e. The number of nitrogens with zero attached hydrogens (tertiary/aromatic N) is 2. The Morgan fingerprint density at radius 3 is 2.23 bits per heavy atom. The number of carbonyl (C=O) groups excluding carboxylic acids is 1. The lowest BCUT2D eigenvalue weighted by molar-refractivity contribution is -0.129. The van der Waals surface area contributed by atoms with E-state index in [0.29, 0.717) is 18.7 Å². The average molecular weight is 338 g/mol. The van der Waals surface area contributed by atoms with Crippen LogP contribution in [0.4, 0.5) is 17.6 Å². The number of hydrogen-bond acceptors (Lipinski definition) is 3. The second-order valence-corrected chi connectivity index (χ2v) is 6.02. The Bertz CT molecular complexity index is 477. The predicted octanol–water partition coefficient (Wildman–Crippen LogP) is 2.97. The van der Waals surface area contributed by atoms with Crippen molar-refractivity contribution < 1.29 is 22.4 Å². The van der Waals surface area contributed by atoms with Gasteiger partial charge in [-0.3, -0.25) is 4.79 Å². The highest BCUT2D eigenvalue weighted by molar-refractivity contribution is 8.00. The van der Waals surface area contributed by atoms with Crippen LogP contribution >= 0.6 is 11.8 Å². The van der Waals surface area contributed by atoms with E-state index in [2.05, 4.69) is 0 Å². The van der Waals surface area contributed by atoms with Gasteiger partial charge < -0.3 is 9.80 Å². The number of halogens is 4. The summed E-state index contributed by atoms with van der Waals surface area (Å²) in [5, 5.41) is 0. The number of carbonyl (C=O) groups is 1. The summed E-state index contributed by atoms with van der Waals surface area (Å²) in [5.41, 5.74) is -3.76. The molecule has 0 aliphatic rings. The van der Waals surface area contributed by atoms with Crippen LogP contribution in [0.2, 0.25) is 0 Å². The van der Waals surface area contributed by atoms with Crippen molar-refractivity contribution in [1.29, 1.82) is 0 Å². The van der Waals surface area contributed by atoms with Gasteiger partial charge in [-0.15, -0.1) is 0 Å². The van der Waals surface area contributed by atoms with E-state index in [0.717, 1.165) is 0 Å². The van der Waals surface area contributed by atoms with Crippen LogP contribution in [-0.4, -0.2) is 54.2 Å². The zero-order valence-corrected chi connectivity index (χ0v) is 13.2. The summed E-state index contributed by atoms with van der Waals surface area (Å²) in [6, 6.07) is 5.55. The molecular formula is C14H18F4N2OS. The maximum absolute atomic E-state index is 12.9. The van der Waals surface area contributed by atoms with Gasteiger partial charge in [0.1, 0.15) is 5.82 Å². The highest BCUT2D eigenvalue weighted by atomic mass is 32.2. The minimum absolute atomic E-state index is 0.158. The number of thioether (sulfide) groups is 1. The van der Waals surface area contributed by atoms with Gasteiger partial charge in [0.25, 0.3) is 0 Å². The largest absolute Gasteiger partial charge is 0.442 e. The molecule has 0 atom stereocenters. The van der Waals surface area contributed by atoms with Crippen molar-refractivity contribution in [3.63, 3.8) is 0 Å². The van der Waals surface area contributed by atoms with E-state index in [9.17, 15) is 22.4 Å². The molecule has 3 nitrogen and oxygen atoms in total. The molecule has 8 heteroatoms. The summed E-state index contributed by atoms with van der Waals surface area (Å²) in [5.74, 6) is -1.64. The van der Waals surface area contributed by atoms with E-state index >= 15 is 0 Å². The van der Waals surface area contributed by atoms with E-state index < -0.39 is 23.0 Å². The Morgan fingerprint density at radius 2 is 1.73 bits per heavy atom. The molecule has 0 unspecified atom stereocenters. The van der Waals surface area contributed by atoms with Crippen LogP contribution in [0.5, 0.6) is 0 Å². The zero-order valence-electron chi connectivity index (χ0n) is 12.4. The van der Waals surface area contributed by atoms with Gasteiger partial charge in [-0.2, -0.15) is 13.2 Å². The maximum Gasteiger partial charge on any atom is 0.442 e. The second-order valence-electron chi connectivity index (χ2n) is 4.98. The first-order chi connectivity index (χ1) is 10.2. The fourth-order valence-electron chi connectivity index (χ4n) is 1.66. The molecule has 0 aromatic heterocycles. The average Bonchev–Trinajstić information content (AvgIpc) is 2.42. The number of rotatable bonds is 7. The number of likely N-dealkylation sites (N-methyl/N-ethyl adjacent to an activating group) is 1. The number of alkyl halides is 3. The Morgan fingerprint density at radius 1 is 1.14 bits per heavy atom. The molecule has 0 saturated carbocycles. The minimum Gasteiger partial charge on any atom is -0.336 e. The van der Waals surface area contributed by atoms with Crippen LogP contribution < -0.4 is 0 Å². The number of amides is 1. The van der Waals surface area contributed by atoms with Crippen LogP contribution in [0.25, 0.3) is 0 Å². The van der Waals surface area contributed by atoms with Crippen LogP contribution in [0.15, 0.2) is 24.3 Å². The van der Waals surface area contributed by atoms with Crippen molar-refractivity contribution in [2.45, 2.75) is 12.1 Å². The van der Waals surface area contributed by atoms with Crippen LogP contribution in [0.1, 0.15) is 5.56 Å². The Balaban J connectivity index is 2.69. The lowest BCUT2D eigenvalue weighted by Crippen LogP contribution is -2.37. The molecule has 0 aliphatic carbocycles. The van der Waals surface area contributed by atoms with E-state index in [1.54, 1.807) is 0 Å². The number of benzene rings is 1. The van der Waals surface area contributed by atoms with Gasteiger partial charge in [0.2, 0.25) is 5.91 Å². The summed E-state index contributed by atoms with van der Waals surface area (Å²) in [6.45, 7) is 0.997. The Hall–Kier alpha value is -1.28. The molecule has 1 rings (SSSR count). The van der Waals surface area contributed by atoms with E-state index in [4.69, 9.17) is 0 Å². The SMILES string of the molecule is CN(C)CCN(Cc1ccc(F)cc1)C(=O)CSC(F)(F)F. The van der Waals surface area contributed by atoms with Crippen molar-refractivity contribution in [2.24, 2.45) is 0 Å². The molecule has 1 aromatic rings. The Labute approximate surface area is 131 Å². The van der Waals surface area contributed by atoms with Crippen molar-refractivity contribution in [2.75, 3.05) is 32.9 Å². The molecule has 0 aliphatic heterocycles. The standard InChI is InChI=1S/C14H18F4N2OS/c1-19(2)7-8-20(13(21)10-22-14(16,17)18)9-11-3-5-12(15)6-4-11/h3-6H,7-10H2,1-2H3. The molecule has 0 N–H and O–H groups in total. The molecule has 0 fully saturated rings. The molecule has 22 heavy (non-hydrogen) atoms. The summed E-state index contributed by atoms with van der Waals surface area (Å²) < 4.78 is 49.5. The van der Waals surface area contributed by atoms with E-state index in [1.165, 1.54) is 29.2 Å². The van der Waals surface area contributed by atoms with Crippen molar-refractivity contribution in [1.82, 2.24) is 9.80 Å². The van der Waals surface area contributed by atoms with Crippen molar-refractivity contribution in [3.05, 3.63) is 35.6 Å². The molecule has 1 amide bonds. The maximum atomic E-state index is 12.9. The molecule has 124 valence electrons. The Kier molecular flexibility index (Phi) is 7.15. The first kappa shape index (κ1) is 18.8. The molecule has 0 heterocycles. The molecule has 0 saturated heterocycles. The lowest BCUT2D eigenvalue weighted by Gasteiger charge is -2.24. The van der Waals surface area contributed by atoms with E-state index in [-0.39, 0.29) is 18.3 Å². The third-order valence-corrected chi connectivity index (χ3v) is 3.53. The van der Waals surface area contributed by atoms with Gasteiger partial charge in [-0.05, 0) is 43.6 Å². The summed E-state index contributed by atoms with van der Waals surface area (Å²) in [4.78, 5) is 15.2. The fourth-order valence-corrected chi connectivity index (χ4v) is 2.13. The third kappa shape index (κ3) is 7.65. The minimum atomic E-state index is -4.43. The van der Waals surface area contributed by atoms with Gasteiger partial charge in [0, 0.05) is 19.6 Å². The van der Waals surface area contributed by atoms with Crippen molar-refractivity contribution >= 4 is 17.7 Å². The van der Waals surface area contributed by atoms with Gasteiger partial charge in [-0.25, -0.2) is 4.39 Å². The van der Waals surface area contributed by atoms with Crippen LogP contribution in [-0.2, 0) is 11.3 Å². The van der Waals surface area contributed by atoms with Crippen LogP contribution in [0, 0.1) is 5.82 Å².